The molecule has 0 spiro atoms. The van der Waals surface area contributed by atoms with Gasteiger partial charge < -0.3 is 9.63 Å². The summed E-state index contributed by atoms with van der Waals surface area (Å²) in [5.41, 5.74) is 1.25. The summed E-state index contributed by atoms with van der Waals surface area (Å²) in [6, 6.07) is 2.41. The number of hydrogen-bond acceptors (Lipinski definition) is 6. The molecule has 25 heavy (non-hydrogen) atoms. The van der Waals surface area contributed by atoms with Gasteiger partial charge in [0.2, 0.25) is 5.89 Å². The van der Waals surface area contributed by atoms with Crippen molar-refractivity contribution in [1.29, 1.82) is 0 Å². The summed E-state index contributed by atoms with van der Waals surface area (Å²) in [6.45, 7) is 1.12. The predicted octanol–water partition coefficient (Wildman–Crippen LogP) is 3.51. The Morgan fingerprint density at radius 3 is 2.76 bits per heavy atom. The first-order valence-corrected chi connectivity index (χ1v) is 8.55. The van der Waals surface area contributed by atoms with Crippen LogP contribution in [0.3, 0.4) is 0 Å². The number of carboxylic acids is 1. The molecule has 2 aromatic rings. The molecule has 0 radical (unpaired) electrons. The highest BCUT2D eigenvalue weighted by Gasteiger charge is 2.38. The van der Waals surface area contributed by atoms with Crippen molar-refractivity contribution >= 4 is 17.3 Å². The minimum Gasteiger partial charge on any atom is -0.475 e. The zero-order valence-corrected chi connectivity index (χ0v) is 14.3. The SMILES string of the molecule is CN1CCCCC1c1nc(Cc2ccsc2)no1.O=C(O)C(F)(F)F. The van der Waals surface area contributed by atoms with E-state index in [2.05, 4.69) is 38.9 Å². The lowest BCUT2D eigenvalue weighted by Crippen LogP contribution is -2.29. The lowest BCUT2D eigenvalue weighted by atomic mass is 10.0. The largest absolute Gasteiger partial charge is 0.490 e. The van der Waals surface area contributed by atoms with Gasteiger partial charge in [-0.1, -0.05) is 11.6 Å². The van der Waals surface area contributed by atoms with Crippen molar-refractivity contribution in [3.8, 4) is 0 Å². The van der Waals surface area contributed by atoms with Gasteiger partial charge in [0.1, 0.15) is 0 Å². The average Bonchev–Trinajstić information content (AvgIpc) is 3.20. The van der Waals surface area contributed by atoms with Crippen LogP contribution in [0.5, 0.6) is 0 Å². The van der Waals surface area contributed by atoms with Crippen LogP contribution in [0.2, 0.25) is 0 Å². The summed E-state index contributed by atoms with van der Waals surface area (Å²) >= 11 is 1.70. The molecule has 0 aromatic carbocycles. The van der Waals surface area contributed by atoms with E-state index < -0.39 is 12.1 Å². The number of halogens is 3. The van der Waals surface area contributed by atoms with Crippen LogP contribution in [0.15, 0.2) is 21.3 Å². The molecule has 1 aliphatic rings. The number of hydrogen-bond donors (Lipinski definition) is 1. The van der Waals surface area contributed by atoms with Crippen molar-refractivity contribution in [2.45, 2.75) is 37.9 Å². The predicted molar refractivity (Wildman–Crippen MR) is 84.3 cm³/mol. The van der Waals surface area contributed by atoms with E-state index in [4.69, 9.17) is 14.4 Å². The molecule has 10 heteroatoms. The third-order valence-corrected chi connectivity index (χ3v) is 4.46. The quantitative estimate of drug-likeness (QED) is 0.882. The molecule has 1 N–H and O–H groups in total. The molecule has 3 rings (SSSR count). The van der Waals surface area contributed by atoms with Gasteiger partial charge in [0.25, 0.3) is 0 Å². The highest BCUT2D eigenvalue weighted by molar-refractivity contribution is 7.07. The van der Waals surface area contributed by atoms with Gasteiger partial charge in [0.05, 0.1) is 6.04 Å². The summed E-state index contributed by atoms with van der Waals surface area (Å²) in [7, 11) is 2.13. The van der Waals surface area contributed by atoms with Gasteiger partial charge in [0.15, 0.2) is 5.82 Å². The van der Waals surface area contributed by atoms with E-state index in [1.807, 2.05) is 0 Å². The molecular formula is C15H18F3N3O3S. The number of carboxylic acid groups (broad SMARTS) is 1. The number of nitrogens with zero attached hydrogens (tertiary/aromatic N) is 3. The van der Waals surface area contributed by atoms with Crippen LogP contribution in [0.25, 0.3) is 0 Å². The number of rotatable bonds is 3. The third kappa shape index (κ3) is 5.82. The maximum atomic E-state index is 10.6. The number of thiophene rings is 1. The summed E-state index contributed by atoms with van der Waals surface area (Å²) in [6.07, 6.45) is -0.680. The molecule has 138 valence electrons. The number of carbonyl (C=O) groups is 1. The van der Waals surface area contributed by atoms with Gasteiger partial charge in [0, 0.05) is 6.42 Å². The number of piperidine rings is 1. The summed E-state index contributed by atoms with van der Waals surface area (Å²) < 4.78 is 37.2. The monoisotopic (exact) mass is 377 g/mol. The Balaban J connectivity index is 0.000000277. The highest BCUT2D eigenvalue weighted by atomic mass is 32.1. The number of alkyl halides is 3. The molecule has 0 amide bonds. The number of likely N-dealkylation sites (tertiary alicyclic amines) is 1. The standard InChI is InChI=1S/C13H17N3OS.C2HF3O2/c1-16-6-3-2-4-11(16)13-14-12(15-17-13)8-10-5-7-18-9-10;3-2(4,5)1(6)7/h5,7,9,11H,2-4,6,8H2,1H3;(H,6,7). The van der Waals surface area contributed by atoms with E-state index in [0.29, 0.717) is 6.04 Å². The molecule has 0 aliphatic carbocycles. The van der Waals surface area contributed by atoms with Gasteiger partial charge in [-0.25, -0.2) is 4.79 Å². The van der Waals surface area contributed by atoms with E-state index >= 15 is 0 Å². The van der Waals surface area contributed by atoms with Gasteiger partial charge in [-0.05, 0) is 48.8 Å². The van der Waals surface area contributed by atoms with E-state index in [1.54, 1.807) is 11.3 Å². The van der Waals surface area contributed by atoms with Crippen LogP contribution in [0.4, 0.5) is 13.2 Å². The Hall–Kier alpha value is -1.94. The molecule has 3 heterocycles. The van der Waals surface area contributed by atoms with Crippen LogP contribution >= 0.6 is 11.3 Å². The Morgan fingerprint density at radius 1 is 1.48 bits per heavy atom. The Kier molecular flexibility index (Phi) is 6.54. The maximum absolute atomic E-state index is 10.6. The Morgan fingerprint density at radius 2 is 2.20 bits per heavy atom. The Bertz CT molecular complexity index is 673. The van der Waals surface area contributed by atoms with Gasteiger partial charge in [-0.3, -0.25) is 4.90 Å². The lowest BCUT2D eigenvalue weighted by molar-refractivity contribution is -0.192. The summed E-state index contributed by atoms with van der Waals surface area (Å²) in [5, 5.41) is 15.4. The Labute approximate surface area is 146 Å². The lowest BCUT2D eigenvalue weighted by Gasteiger charge is -2.29. The molecule has 1 unspecified atom stereocenters. The van der Waals surface area contributed by atoms with Gasteiger partial charge in [-0.15, -0.1) is 0 Å². The van der Waals surface area contributed by atoms with Crippen LogP contribution < -0.4 is 0 Å². The van der Waals surface area contributed by atoms with Crippen LogP contribution in [-0.4, -0.2) is 45.9 Å². The molecule has 1 saturated heterocycles. The molecule has 0 bridgehead atoms. The van der Waals surface area contributed by atoms with Crippen LogP contribution in [0, 0.1) is 0 Å². The van der Waals surface area contributed by atoms with Crippen LogP contribution in [-0.2, 0) is 11.2 Å². The first kappa shape index (κ1) is 19.4. The van der Waals surface area contributed by atoms with Crippen molar-refractivity contribution in [3.05, 3.63) is 34.1 Å². The molecular weight excluding hydrogens is 359 g/mol. The first-order chi connectivity index (χ1) is 11.8. The fraction of sp³-hybridized carbons (Fsp3) is 0.533. The van der Waals surface area contributed by atoms with Gasteiger partial charge in [-0.2, -0.15) is 29.5 Å². The molecule has 6 nitrogen and oxygen atoms in total. The van der Waals surface area contributed by atoms with E-state index in [-0.39, 0.29) is 0 Å². The van der Waals surface area contributed by atoms with Crippen molar-refractivity contribution in [2.75, 3.05) is 13.6 Å². The molecule has 1 aliphatic heterocycles. The maximum Gasteiger partial charge on any atom is 0.490 e. The summed E-state index contributed by atoms with van der Waals surface area (Å²) in [4.78, 5) is 15.8. The fourth-order valence-corrected chi connectivity index (χ4v) is 3.11. The second kappa shape index (κ2) is 8.43. The van der Waals surface area contributed by atoms with Crippen molar-refractivity contribution < 1.29 is 27.6 Å². The van der Waals surface area contributed by atoms with Crippen molar-refractivity contribution in [3.63, 3.8) is 0 Å². The van der Waals surface area contributed by atoms with Crippen molar-refractivity contribution in [1.82, 2.24) is 15.0 Å². The second-order valence-corrected chi connectivity index (χ2v) is 6.43. The first-order valence-electron chi connectivity index (χ1n) is 7.61. The fourth-order valence-electron chi connectivity index (χ4n) is 2.44. The molecule has 1 atom stereocenters. The minimum absolute atomic E-state index is 0.308. The minimum atomic E-state index is -5.08. The normalized spacial score (nSPS) is 18.5. The smallest absolute Gasteiger partial charge is 0.475 e. The zero-order valence-electron chi connectivity index (χ0n) is 13.5. The zero-order chi connectivity index (χ0) is 18.4. The molecule has 2 aromatic heterocycles. The van der Waals surface area contributed by atoms with E-state index in [9.17, 15) is 13.2 Å². The van der Waals surface area contributed by atoms with E-state index in [0.717, 1.165) is 31.1 Å². The average molecular weight is 377 g/mol. The highest BCUT2D eigenvalue weighted by Crippen LogP contribution is 2.28. The van der Waals surface area contributed by atoms with E-state index in [1.165, 1.54) is 18.4 Å². The summed E-state index contributed by atoms with van der Waals surface area (Å²) in [5.74, 6) is -1.18. The number of aliphatic carboxylic acids is 1. The number of aromatic nitrogens is 2. The molecule has 0 saturated carbocycles. The second-order valence-electron chi connectivity index (χ2n) is 5.65. The van der Waals surface area contributed by atoms with Crippen LogP contribution in [0.1, 0.15) is 42.6 Å². The van der Waals surface area contributed by atoms with Gasteiger partial charge >= 0.3 is 12.1 Å². The van der Waals surface area contributed by atoms with Crippen molar-refractivity contribution in [2.24, 2.45) is 0 Å². The topological polar surface area (TPSA) is 79.5 Å². The molecule has 1 fully saturated rings. The third-order valence-electron chi connectivity index (χ3n) is 3.72.